The molecule has 2 aromatic rings. The van der Waals surface area contributed by atoms with Crippen LogP contribution in [0.4, 0.5) is 5.69 Å². The minimum atomic E-state index is -0.419. The van der Waals surface area contributed by atoms with Gasteiger partial charge in [0.05, 0.1) is 4.92 Å². The Morgan fingerprint density at radius 3 is 2.52 bits per heavy atom. The number of nitrogens with one attached hydrogen (secondary N) is 1. The summed E-state index contributed by atoms with van der Waals surface area (Å²) < 4.78 is 2.00. The van der Waals surface area contributed by atoms with Crippen molar-refractivity contribution in [2.45, 2.75) is 27.2 Å². The molecule has 1 saturated heterocycles. The van der Waals surface area contributed by atoms with Crippen LogP contribution in [0.15, 0.2) is 36.0 Å². The highest BCUT2D eigenvalue weighted by atomic mass is 32.1. The number of aromatic nitrogens is 1. The Labute approximate surface area is 162 Å². The van der Waals surface area contributed by atoms with E-state index in [0.717, 1.165) is 29.1 Å². The summed E-state index contributed by atoms with van der Waals surface area (Å²) in [6.45, 7) is 6.48. The Morgan fingerprint density at radius 2 is 1.93 bits per heavy atom. The molecule has 1 aliphatic rings. The molecule has 1 aromatic heterocycles. The molecule has 3 rings (SSSR count). The van der Waals surface area contributed by atoms with Gasteiger partial charge in [-0.1, -0.05) is 6.92 Å². The predicted molar refractivity (Wildman–Crippen MR) is 108 cm³/mol. The minimum Gasteiger partial charge on any atom is -0.328 e. The summed E-state index contributed by atoms with van der Waals surface area (Å²) in [6.07, 6.45) is 2.63. The van der Waals surface area contributed by atoms with Gasteiger partial charge in [0.15, 0.2) is 5.11 Å². The van der Waals surface area contributed by atoms with Gasteiger partial charge in [-0.15, -0.1) is 0 Å². The molecule has 1 aliphatic heterocycles. The highest BCUT2D eigenvalue weighted by Gasteiger charge is 2.30. The van der Waals surface area contributed by atoms with Crippen LogP contribution >= 0.6 is 12.2 Å². The van der Waals surface area contributed by atoms with Crippen LogP contribution in [-0.2, 0) is 4.79 Å². The van der Waals surface area contributed by atoms with Gasteiger partial charge in [0.1, 0.15) is 5.70 Å². The summed E-state index contributed by atoms with van der Waals surface area (Å²) in [5, 5.41) is 14.3. The largest absolute Gasteiger partial charge is 0.328 e. The highest BCUT2D eigenvalue weighted by molar-refractivity contribution is 7.80. The summed E-state index contributed by atoms with van der Waals surface area (Å²) in [7, 11) is 0. The van der Waals surface area contributed by atoms with Crippen molar-refractivity contribution in [1.29, 1.82) is 0 Å². The number of nitrogens with zero attached hydrogens (tertiary/aromatic N) is 3. The summed E-state index contributed by atoms with van der Waals surface area (Å²) in [5.41, 5.74) is 4.12. The lowest BCUT2D eigenvalue weighted by molar-refractivity contribution is -0.384. The van der Waals surface area contributed by atoms with Crippen molar-refractivity contribution in [3.05, 3.63) is 63.1 Å². The standard InChI is InChI=1S/C19H20N4O3S/c1-4-9-21-18(24)17(20-19(21)27)11-14-10-12(2)22(13(14)3)15-5-7-16(8-6-15)23(25)26/h5-8,10-11H,4,9H2,1-3H3,(H,20,27). The van der Waals surface area contributed by atoms with Crippen molar-refractivity contribution in [3.63, 3.8) is 0 Å². The molecule has 140 valence electrons. The van der Waals surface area contributed by atoms with Gasteiger partial charge in [-0.05, 0) is 62.3 Å². The molecule has 1 amide bonds. The van der Waals surface area contributed by atoms with Crippen LogP contribution in [-0.4, -0.2) is 32.0 Å². The van der Waals surface area contributed by atoms with E-state index in [4.69, 9.17) is 12.2 Å². The van der Waals surface area contributed by atoms with Crippen LogP contribution in [0, 0.1) is 24.0 Å². The van der Waals surface area contributed by atoms with Gasteiger partial charge in [-0.25, -0.2) is 0 Å². The van der Waals surface area contributed by atoms with E-state index < -0.39 is 4.92 Å². The third-order valence-electron chi connectivity index (χ3n) is 4.50. The summed E-state index contributed by atoms with van der Waals surface area (Å²) in [6, 6.07) is 8.37. The van der Waals surface area contributed by atoms with Crippen molar-refractivity contribution in [2.24, 2.45) is 0 Å². The fourth-order valence-corrected chi connectivity index (χ4v) is 3.49. The normalized spacial score (nSPS) is 15.5. The van der Waals surface area contributed by atoms with Crippen LogP contribution in [0.1, 0.15) is 30.3 Å². The quantitative estimate of drug-likeness (QED) is 0.369. The smallest absolute Gasteiger partial charge is 0.276 e. The van der Waals surface area contributed by atoms with Crippen molar-refractivity contribution >= 4 is 35.0 Å². The fourth-order valence-electron chi connectivity index (χ4n) is 3.21. The molecule has 0 atom stereocenters. The molecule has 2 heterocycles. The molecule has 1 aromatic carbocycles. The summed E-state index contributed by atoms with van der Waals surface area (Å²) >= 11 is 5.24. The van der Waals surface area contributed by atoms with Crippen LogP contribution in [0.2, 0.25) is 0 Å². The van der Waals surface area contributed by atoms with Crippen LogP contribution in [0.3, 0.4) is 0 Å². The average Bonchev–Trinajstić information content (AvgIpc) is 3.05. The Hall–Kier alpha value is -3.00. The van der Waals surface area contributed by atoms with Crippen molar-refractivity contribution in [1.82, 2.24) is 14.8 Å². The van der Waals surface area contributed by atoms with Gasteiger partial charge in [0.2, 0.25) is 0 Å². The second-order valence-electron chi connectivity index (χ2n) is 6.38. The molecule has 0 saturated carbocycles. The van der Waals surface area contributed by atoms with E-state index in [1.807, 2.05) is 31.4 Å². The van der Waals surface area contributed by atoms with Crippen LogP contribution < -0.4 is 5.32 Å². The maximum atomic E-state index is 12.5. The number of carbonyl (C=O) groups is 1. The third-order valence-corrected chi connectivity index (χ3v) is 4.82. The first-order chi connectivity index (χ1) is 12.8. The van der Waals surface area contributed by atoms with Crippen molar-refractivity contribution in [3.8, 4) is 5.69 Å². The van der Waals surface area contributed by atoms with Gasteiger partial charge in [0.25, 0.3) is 11.6 Å². The van der Waals surface area contributed by atoms with Crippen molar-refractivity contribution in [2.75, 3.05) is 6.54 Å². The highest BCUT2D eigenvalue weighted by Crippen LogP contribution is 2.25. The molecule has 0 bridgehead atoms. The van der Waals surface area contributed by atoms with E-state index in [1.165, 1.54) is 12.1 Å². The topological polar surface area (TPSA) is 80.4 Å². The van der Waals surface area contributed by atoms with Gasteiger partial charge in [-0.3, -0.25) is 19.8 Å². The molecule has 0 unspecified atom stereocenters. The lowest BCUT2D eigenvalue weighted by Crippen LogP contribution is -2.31. The van der Waals surface area contributed by atoms with E-state index in [-0.39, 0.29) is 11.6 Å². The monoisotopic (exact) mass is 384 g/mol. The number of amides is 1. The summed E-state index contributed by atoms with van der Waals surface area (Å²) in [5.74, 6) is -0.123. The van der Waals surface area contributed by atoms with Crippen LogP contribution in [0.5, 0.6) is 0 Å². The number of carbonyl (C=O) groups excluding carboxylic acids is 1. The van der Waals surface area contributed by atoms with Gasteiger partial charge >= 0.3 is 0 Å². The molecule has 8 heteroatoms. The van der Waals surface area contributed by atoms with Crippen molar-refractivity contribution < 1.29 is 9.72 Å². The zero-order chi connectivity index (χ0) is 19.7. The lowest BCUT2D eigenvalue weighted by atomic mass is 10.2. The average molecular weight is 384 g/mol. The zero-order valence-electron chi connectivity index (χ0n) is 15.4. The van der Waals surface area contributed by atoms with Crippen LogP contribution in [0.25, 0.3) is 11.8 Å². The van der Waals surface area contributed by atoms with Gasteiger partial charge in [0, 0.05) is 35.8 Å². The molecular formula is C19H20N4O3S. The molecule has 7 nitrogen and oxygen atoms in total. The molecule has 27 heavy (non-hydrogen) atoms. The number of rotatable bonds is 5. The second-order valence-corrected chi connectivity index (χ2v) is 6.77. The number of nitro groups is 1. The van der Waals surface area contributed by atoms with E-state index >= 15 is 0 Å². The molecule has 0 aliphatic carbocycles. The number of hydrogen-bond acceptors (Lipinski definition) is 4. The van der Waals surface area contributed by atoms with Gasteiger partial charge in [-0.2, -0.15) is 0 Å². The number of thiocarbonyl (C=S) groups is 1. The van der Waals surface area contributed by atoms with Gasteiger partial charge < -0.3 is 9.88 Å². The first-order valence-corrected chi connectivity index (χ1v) is 9.02. The Kier molecular flexibility index (Phi) is 5.09. The SMILES string of the molecule is CCCN1C(=O)C(=Cc2cc(C)n(-c3ccc([N+](=O)[O-])cc3)c2C)NC1=S. The number of benzene rings is 1. The predicted octanol–water partition coefficient (Wildman–Crippen LogP) is 3.47. The second kappa shape index (κ2) is 7.32. The van der Waals surface area contributed by atoms with E-state index in [2.05, 4.69) is 5.32 Å². The number of hydrogen-bond donors (Lipinski definition) is 1. The summed E-state index contributed by atoms with van der Waals surface area (Å²) in [4.78, 5) is 24.5. The first kappa shape index (κ1) is 18.8. The maximum absolute atomic E-state index is 12.5. The zero-order valence-corrected chi connectivity index (χ0v) is 16.2. The molecule has 0 spiro atoms. The third kappa shape index (κ3) is 3.48. The maximum Gasteiger partial charge on any atom is 0.276 e. The molecule has 1 fully saturated rings. The molecular weight excluding hydrogens is 364 g/mol. The molecule has 0 radical (unpaired) electrons. The van der Waals surface area contributed by atoms with E-state index in [0.29, 0.717) is 17.4 Å². The lowest BCUT2D eigenvalue weighted by Gasteiger charge is -2.11. The Bertz CT molecular complexity index is 960. The Morgan fingerprint density at radius 1 is 1.26 bits per heavy atom. The Balaban J connectivity index is 1.96. The molecule has 1 N–H and O–H groups in total. The number of non-ortho nitro benzene ring substituents is 1. The minimum absolute atomic E-state index is 0.0498. The number of nitro benzene ring substituents is 1. The van der Waals surface area contributed by atoms with E-state index in [1.54, 1.807) is 23.1 Å². The van der Waals surface area contributed by atoms with E-state index in [9.17, 15) is 14.9 Å². The first-order valence-electron chi connectivity index (χ1n) is 8.61. The fraction of sp³-hybridized carbons (Fsp3) is 0.263. The number of aryl methyl sites for hydroxylation is 1.